The van der Waals surface area contributed by atoms with Crippen LogP contribution in [-0.2, 0) is 0 Å². The quantitative estimate of drug-likeness (QED) is 0.779. The number of hydrogen-bond acceptors (Lipinski definition) is 3. The minimum absolute atomic E-state index is 0.0374. The summed E-state index contributed by atoms with van der Waals surface area (Å²) in [7, 11) is 0. The topological polar surface area (TPSA) is 50.1 Å². The van der Waals surface area contributed by atoms with Crippen molar-refractivity contribution in [3.63, 3.8) is 0 Å². The Labute approximate surface area is 123 Å². The normalized spacial score (nSPS) is 9.90. The lowest BCUT2D eigenvalue weighted by Gasteiger charge is -2.10. The molecule has 0 aliphatic rings. The summed E-state index contributed by atoms with van der Waals surface area (Å²) in [6, 6.07) is 10.6. The highest BCUT2D eigenvalue weighted by molar-refractivity contribution is 9.10. The molecule has 5 heteroatoms. The molecule has 0 bridgehead atoms. The van der Waals surface area contributed by atoms with Crippen LogP contribution in [-0.4, -0.2) is 5.78 Å². The third-order valence-electron chi connectivity index (χ3n) is 2.60. The lowest BCUT2D eigenvalue weighted by molar-refractivity contribution is 0.101. The van der Waals surface area contributed by atoms with Gasteiger partial charge >= 0.3 is 0 Å². The van der Waals surface area contributed by atoms with Gasteiger partial charge in [0.25, 0.3) is 0 Å². The summed E-state index contributed by atoms with van der Waals surface area (Å²) in [6.07, 6.45) is 0. The van der Waals surface area contributed by atoms with Crippen LogP contribution in [0.3, 0.4) is 0 Å². The minimum atomic E-state index is -0.654. The van der Waals surface area contributed by atoms with Crippen LogP contribution in [0.15, 0.2) is 40.9 Å². The van der Waals surface area contributed by atoms with E-state index in [0.29, 0.717) is 10.0 Å². The van der Waals surface area contributed by atoms with Gasteiger partial charge in [-0.05, 0) is 43.3 Å². The zero-order valence-corrected chi connectivity index (χ0v) is 12.1. The predicted molar refractivity (Wildman–Crippen MR) is 75.3 cm³/mol. The van der Waals surface area contributed by atoms with Crippen molar-refractivity contribution in [2.45, 2.75) is 6.92 Å². The number of nitriles is 1. The maximum Gasteiger partial charge on any atom is 0.167 e. The molecule has 20 heavy (non-hydrogen) atoms. The van der Waals surface area contributed by atoms with Gasteiger partial charge in [0.05, 0.1) is 17.2 Å². The van der Waals surface area contributed by atoms with E-state index in [4.69, 9.17) is 10.00 Å². The Morgan fingerprint density at radius 3 is 2.60 bits per heavy atom. The zero-order chi connectivity index (χ0) is 14.7. The van der Waals surface area contributed by atoms with Gasteiger partial charge in [0.15, 0.2) is 17.3 Å². The highest BCUT2D eigenvalue weighted by Gasteiger charge is 2.12. The SMILES string of the molecule is CC(=O)c1ccc(Br)cc1Oc1ccc(C#N)cc1F. The predicted octanol–water partition coefficient (Wildman–Crippen LogP) is 4.45. The monoisotopic (exact) mass is 333 g/mol. The van der Waals surface area contributed by atoms with Crippen LogP contribution in [0.5, 0.6) is 11.5 Å². The average Bonchev–Trinajstić information content (AvgIpc) is 2.40. The molecule has 0 atom stereocenters. The summed E-state index contributed by atoms with van der Waals surface area (Å²) in [5, 5.41) is 8.69. The second-order valence-corrected chi connectivity index (χ2v) is 4.97. The smallest absolute Gasteiger partial charge is 0.167 e. The number of carbonyl (C=O) groups excluding carboxylic acids is 1. The van der Waals surface area contributed by atoms with Gasteiger partial charge in [0.1, 0.15) is 5.75 Å². The maximum atomic E-state index is 13.8. The van der Waals surface area contributed by atoms with Crippen LogP contribution in [0, 0.1) is 17.1 Å². The van der Waals surface area contributed by atoms with Gasteiger partial charge in [-0.25, -0.2) is 4.39 Å². The molecule has 0 unspecified atom stereocenters. The van der Waals surface area contributed by atoms with E-state index >= 15 is 0 Å². The third kappa shape index (κ3) is 3.03. The van der Waals surface area contributed by atoms with Crippen molar-refractivity contribution in [2.75, 3.05) is 0 Å². The van der Waals surface area contributed by atoms with E-state index in [-0.39, 0.29) is 22.8 Å². The number of rotatable bonds is 3. The Kier molecular flexibility index (Phi) is 4.16. The number of nitrogens with zero attached hydrogens (tertiary/aromatic N) is 1. The van der Waals surface area contributed by atoms with E-state index < -0.39 is 5.82 Å². The molecule has 3 nitrogen and oxygen atoms in total. The highest BCUT2D eigenvalue weighted by atomic mass is 79.9. The molecule has 0 aromatic heterocycles. The molecular formula is C15H9BrFNO2. The van der Waals surface area contributed by atoms with Crippen LogP contribution in [0.1, 0.15) is 22.8 Å². The Hall–Kier alpha value is -2.19. The van der Waals surface area contributed by atoms with E-state index in [1.165, 1.54) is 19.1 Å². The first kappa shape index (κ1) is 14.2. The Balaban J connectivity index is 2.42. The van der Waals surface area contributed by atoms with Gasteiger partial charge in [-0.15, -0.1) is 0 Å². The van der Waals surface area contributed by atoms with E-state index in [1.807, 2.05) is 6.07 Å². The number of benzene rings is 2. The maximum absolute atomic E-state index is 13.8. The number of ether oxygens (including phenoxy) is 1. The summed E-state index contributed by atoms with van der Waals surface area (Å²) < 4.78 is 19.9. The second kappa shape index (κ2) is 5.85. The van der Waals surface area contributed by atoms with E-state index in [2.05, 4.69) is 15.9 Å². The van der Waals surface area contributed by atoms with Crippen LogP contribution in [0.25, 0.3) is 0 Å². The van der Waals surface area contributed by atoms with Crippen molar-refractivity contribution in [2.24, 2.45) is 0 Å². The molecule has 2 rings (SSSR count). The lowest BCUT2D eigenvalue weighted by atomic mass is 10.1. The summed E-state index contributed by atoms with van der Waals surface area (Å²) >= 11 is 3.27. The van der Waals surface area contributed by atoms with Crippen molar-refractivity contribution >= 4 is 21.7 Å². The molecule has 0 amide bonds. The average molecular weight is 334 g/mol. The molecule has 0 spiro atoms. The standard InChI is InChI=1S/C15H9BrFNO2/c1-9(19)12-4-3-11(16)7-15(12)20-14-5-2-10(8-18)6-13(14)17/h2-7H,1H3. The van der Waals surface area contributed by atoms with Crippen molar-refractivity contribution < 1.29 is 13.9 Å². The first-order chi connectivity index (χ1) is 9.51. The molecule has 0 radical (unpaired) electrons. The van der Waals surface area contributed by atoms with Gasteiger partial charge in [0, 0.05) is 4.47 Å². The third-order valence-corrected chi connectivity index (χ3v) is 3.10. The van der Waals surface area contributed by atoms with Crippen molar-refractivity contribution in [3.05, 3.63) is 57.8 Å². The van der Waals surface area contributed by atoms with Gasteiger partial charge in [-0.3, -0.25) is 4.79 Å². The van der Waals surface area contributed by atoms with E-state index in [1.54, 1.807) is 18.2 Å². The first-order valence-corrected chi connectivity index (χ1v) is 6.48. The Morgan fingerprint density at radius 2 is 2.00 bits per heavy atom. The summed E-state index contributed by atoms with van der Waals surface area (Å²) in [4.78, 5) is 11.5. The molecule has 2 aromatic carbocycles. The van der Waals surface area contributed by atoms with E-state index in [9.17, 15) is 9.18 Å². The van der Waals surface area contributed by atoms with Crippen molar-refractivity contribution in [1.82, 2.24) is 0 Å². The van der Waals surface area contributed by atoms with Gasteiger partial charge in [-0.2, -0.15) is 5.26 Å². The fourth-order valence-electron chi connectivity index (χ4n) is 1.64. The van der Waals surface area contributed by atoms with E-state index in [0.717, 1.165) is 6.07 Å². The van der Waals surface area contributed by atoms with Gasteiger partial charge in [0.2, 0.25) is 0 Å². The lowest BCUT2D eigenvalue weighted by Crippen LogP contribution is -1.98. The summed E-state index contributed by atoms with van der Waals surface area (Å²) in [6.45, 7) is 1.41. The summed E-state index contributed by atoms with van der Waals surface area (Å²) in [5.74, 6) is -0.611. The number of halogens is 2. The molecular weight excluding hydrogens is 325 g/mol. The summed E-state index contributed by atoms with van der Waals surface area (Å²) in [5.41, 5.74) is 0.563. The second-order valence-electron chi connectivity index (χ2n) is 4.06. The first-order valence-electron chi connectivity index (χ1n) is 5.69. The van der Waals surface area contributed by atoms with Crippen LogP contribution >= 0.6 is 15.9 Å². The van der Waals surface area contributed by atoms with Crippen LogP contribution in [0.2, 0.25) is 0 Å². The highest BCUT2D eigenvalue weighted by Crippen LogP contribution is 2.30. The molecule has 0 heterocycles. The zero-order valence-electron chi connectivity index (χ0n) is 10.5. The van der Waals surface area contributed by atoms with Gasteiger partial charge in [-0.1, -0.05) is 15.9 Å². The molecule has 0 N–H and O–H groups in total. The number of carbonyl (C=O) groups is 1. The van der Waals surface area contributed by atoms with Crippen molar-refractivity contribution in [3.8, 4) is 17.6 Å². The fraction of sp³-hybridized carbons (Fsp3) is 0.0667. The van der Waals surface area contributed by atoms with Crippen LogP contribution in [0.4, 0.5) is 4.39 Å². The number of ketones is 1. The Morgan fingerprint density at radius 1 is 1.25 bits per heavy atom. The van der Waals surface area contributed by atoms with Gasteiger partial charge < -0.3 is 4.74 Å². The fourth-order valence-corrected chi connectivity index (χ4v) is 1.98. The molecule has 0 aliphatic heterocycles. The van der Waals surface area contributed by atoms with Crippen molar-refractivity contribution in [1.29, 1.82) is 5.26 Å². The minimum Gasteiger partial charge on any atom is -0.453 e. The largest absolute Gasteiger partial charge is 0.453 e. The molecule has 2 aromatic rings. The molecule has 0 saturated heterocycles. The number of Topliss-reactive ketones (excluding diaryl/α,β-unsaturated/α-hetero) is 1. The molecule has 0 fully saturated rings. The molecule has 100 valence electrons. The Bertz CT molecular complexity index is 722. The molecule has 0 aliphatic carbocycles. The van der Waals surface area contributed by atoms with Crippen LogP contribution < -0.4 is 4.74 Å². The number of hydrogen-bond donors (Lipinski definition) is 0. The molecule has 0 saturated carbocycles.